The third kappa shape index (κ3) is 4.06. The van der Waals surface area contributed by atoms with Crippen molar-refractivity contribution in [3.63, 3.8) is 0 Å². The number of imidazole rings is 1. The molecule has 1 heterocycles. The van der Waals surface area contributed by atoms with Gasteiger partial charge in [0.05, 0.1) is 6.33 Å². The van der Waals surface area contributed by atoms with Crippen molar-refractivity contribution in [3.05, 3.63) is 71.2 Å². The fourth-order valence-corrected chi connectivity index (χ4v) is 3.58. The largest absolute Gasteiger partial charge is 0.492 e. The second kappa shape index (κ2) is 7.67. The molecule has 0 fully saturated rings. The second-order valence-corrected chi connectivity index (χ2v) is 7.02. The molecule has 0 aliphatic heterocycles. The van der Waals surface area contributed by atoms with Crippen molar-refractivity contribution in [1.29, 1.82) is 0 Å². The number of aromatic hydroxyl groups is 1. The quantitative estimate of drug-likeness (QED) is 0.534. The van der Waals surface area contributed by atoms with E-state index < -0.39 is 5.91 Å². The number of fused-ring (bicyclic) bond motifs is 1. The van der Waals surface area contributed by atoms with E-state index in [1.807, 2.05) is 24.3 Å². The predicted octanol–water partition coefficient (Wildman–Crippen LogP) is 2.87. The van der Waals surface area contributed by atoms with Crippen molar-refractivity contribution in [2.45, 2.75) is 25.8 Å². The number of carbonyl (C=O) groups is 2. The summed E-state index contributed by atoms with van der Waals surface area (Å²) >= 11 is 0. The number of hydrogen-bond acceptors (Lipinski definition) is 4. The van der Waals surface area contributed by atoms with Gasteiger partial charge in [0.25, 0.3) is 5.91 Å². The van der Waals surface area contributed by atoms with E-state index in [9.17, 15) is 14.7 Å². The topological polar surface area (TPSA) is 122 Å². The smallest absolute Gasteiger partial charge is 0.323 e. The minimum absolute atomic E-state index is 0.0408. The van der Waals surface area contributed by atoms with Gasteiger partial charge >= 0.3 is 6.03 Å². The zero-order chi connectivity index (χ0) is 20.4. The normalized spacial score (nSPS) is 12.4. The maximum atomic E-state index is 12.3. The number of rotatable bonds is 5. The van der Waals surface area contributed by atoms with Crippen LogP contribution in [0, 0.1) is 0 Å². The van der Waals surface area contributed by atoms with Crippen molar-refractivity contribution in [2.24, 2.45) is 5.73 Å². The van der Waals surface area contributed by atoms with Gasteiger partial charge in [0, 0.05) is 17.9 Å². The van der Waals surface area contributed by atoms with Gasteiger partial charge in [0.15, 0.2) is 5.69 Å². The lowest BCUT2D eigenvalue weighted by atomic mass is 10.1. The molecule has 0 unspecified atom stereocenters. The molecule has 5 N–H and O–H groups in total. The van der Waals surface area contributed by atoms with Gasteiger partial charge in [-0.3, -0.25) is 4.79 Å². The molecule has 0 bridgehead atoms. The van der Waals surface area contributed by atoms with Crippen molar-refractivity contribution in [3.8, 4) is 5.88 Å². The van der Waals surface area contributed by atoms with E-state index >= 15 is 0 Å². The predicted molar refractivity (Wildman–Crippen MR) is 109 cm³/mol. The van der Waals surface area contributed by atoms with E-state index in [4.69, 9.17) is 5.73 Å². The van der Waals surface area contributed by atoms with Gasteiger partial charge in [0.1, 0.15) is 0 Å². The number of nitrogens with one attached hydrogen (secondary N) is 2. The van der Waals surface area contributed by atoms with E-state index in [-0.39, 0.29) is 17.6 Å². The third-order valence-corrected chi connectivity index (χ3v) is 4.97. The van der Waals surface area contributed by atoms with Gasteiger partial charge in [-0.05, 0) is 60.2 Å². The molecule has 148 valence electrons. The number of nitrogens with zero attached hydrogens (tertiary/aromatic N) is 2. The highest BCUT2D eigenvalue weighted by atomic mass is 16.3. The minimum Gasteiger partial charge on any atom is -0.492 e. The number of urea groups is 1. The number of nitrogens with two attached hydrogens (primary N) is 1. The highest BCUT2D eigenvalue weighted by molar-refractivity contribution is 5.99. The molecule has 0 radical (unpaired) electrons. The first-order chi connectivity index (χ1) is 14.0. The maximum absolute atomic E-state index is 12.3. The average Bonchev–Trinajstić information content (AvgIpc) is 3.29. The molecular formula is C21H21N5O3. The molecule has 3 amide bonds. The fourth-order valence-electron chi connectivity index (χ4n) is 3.58. The maximum Gasteiger partial charge on any atom is 0.323 e. The lowest BCUT2D eigenvalue weighted by Gasteiger charge is -2.10. The summed E-state index contributed by atoms with van der Waals surface area (Å²) in [5.41, 5.74) is 10.2. The van der Waals surface area contributed by atoms with Crippen LogP contribution in [-0.2, 0) is 19.4 Å². The first-order valence-corrected chi connectivity index (χ1v) is 9.32. The molecule has 1 aromatic heterocycles. The van der Waals surface area contributed by atoms with Crippen LogP contribution < -0.4 is 16.4 Å². The molecule has 3 aromatic rings. The average molecular weight is 391 g/mol. The molecular weight excluding hydrogens is 370 g/mol. The molecule has 0 spiro atoms. The van der Waals surface area contributed by atoms with Crippen molar-refractivity contribution in [1.82, 2.24) is 9.55 Å². The van der Waals surface area contributed by atoms with Gasteiger partial charge in [-0.25, -0.2) is 9.78 Å². The standard InChI is InChI=1S/C21H21N5O3/c22-19(27)18-20(28)23-12-26(18)11-13-4-7-16(8-5-13)24-21(29)25-17-9-6-14-2-1-3-15(14)10-17/h4-10,12,28H,1-3,11H2,(H2,22,27)(H2,24,25,29). The lowest BCUT2D eigenvalue weighted by Crippen LogP contribution is -2.19. The fraction of sp³-hybridized carbons (Fsp3) is 0.190. The molecule has 29 heavy (non-hydrogen) atoms. The van der Waals surface area contributed by atoms with Crippen molar-refractivity contribution >= 4 is 23.3 Å². The van der Waals surface area contributed by atoms with Gasteiger partial charge in [-0.1, -0.05) is 18.2 Å². The van der Waals surface area contributed by atoms with Crippen LogP contribution in [-0.4, -0.2) is 26.6 Å². The van der Waals surface area contributed by atoms with Crippen LogP contribution in [0.1, 0.15) is 33.6 Å². The zero-order valence-electron chi connectivity index (χ0n) is 15.7. The summed E-state index contributed by atoms with van der Waals surface area (Å²) in [6.07, 6.45) is 4.68. The Hall–Kier alpha value is -3.81. The molecule has 2 aromatic carbocycles. The Morgan fingerprint density at radius 3 is 2.48 bits per heavy atom. The van der Waals surface area contributed by atoms with Crippen LogP contribution in [0.4, 0.5) is 16.2 Å². The van der Waals surface area contributed by atoms with E-state index in [1.54, 1.807) is 12.1 Å². The number of carbonyl (C=O) groups excluding carboxylic acids is 2. The number of anilines is 2. The summed E-state index contributed by atoms with van der Waals surface area (Å²) < 4.78 is 1.47. The molecule has 8 heteroatoms. The minimum atomic E-state index is -0.749. The number of primary amides is 1. The first-order valence-electron chi connectivity index (χ1n) is 9.32. The Morgan fingerprint density at radius 2 is 1.72 bits per heavy atom. The monoisotopic (exact) mass is 391 g/mol. The lowest BCUT2D eigenvalue weighted by molar-refractivity contribution is 0.0989. The number of amides is 3. The molecule has 0 saturated carbocycles. The Balaban J connectivity index is 1.38. The zero-order valence-corrected chi connectivity index (χ0v) is 15.7. The number of aromatic nitrogens is 2. The summed E-state index contributed by atoms with van der Waals surface area (Å²) in [6, 6.07) is 12.9. The van der Waals surface area contributed by atoms with Crippen LogP contribution in [0.3, 0.4) is 0 Å². The van der Waals surface area contributed by atoms with E-state index in [0.717, 1.165) is 30.5 Å². The van der Waals surface area contributed by atoms with E-state index in [2.05, 4.69) is 21.7 Å². The van der Waals surface area contributed by atoms with Gasteiger partial charge in [-0.2, -0.15) is 0 Å². The number of benzene rings is 2. The van der Waals surface area contributed by atoms with Crippen LogP contribution in [0.25, 0.3) is 0 Å². The first kappa shape index (κ1) is 18.5. The van der Waals surface area contributed by atoms with Gasteiger partial charge in [-0.15, -0.1) is 0 Å². The van der Waals surface area contributed by atoms with Crippen LogP contribution in [0.5, 0.6) is 5.88 Å². The Bertz CT molecular complexity index is 1070. The summed E-state index contributed by atoms with van der Waals surface area (Å²) in [7, 11) is 0. The van der Waals surface area contributed by atoms with Gasteiger partial charge in [0.2, 0.25) is 5.88 Å². The summed E-state index contributed by atoms with van der Waals surface area (Å²) in [5, 5.41) is 15.3. The third-order valence-electron chi connectivity index (χ3n) is 4.97. The number of hydrogen-bond donors (Lipinski definition) is 4. The van der Waals surface area contributed by atoms with Crippen LogP contribution in [0.15, 0.2) is 48.8 Å². The molecule has 0 atom stereocenters. The van der Waals surface area contributed by atoms with Gasteiger partial charge < -0.3 is 26.0 Å². The molecule has 0 saturated heterocycles. The summed E-state index contributed by atoms with van der Waals surface area (Å²) in [4.78, 5) is 27.4. The van der Waals surface area contributed by atoms with Crippen LogP contribution >= 0.6 is 0 Å². The molecule has 4 rings (SSSR count). The van der Waals surface area contributed by atoms with E-state index in [1.165, 1.54) is 22.0 Å². The molecule has 8 nitrogen and oxygen atoms in total. The highest BCUT2D eigenvalue weighted by Crippen LogP contribution is 2.25. The second-order valence-electron chi connectivity index (χ2n) is 7.02. The Labute approximate surface area is 167 Å². The van der Waals surface area contributed by atoms with Crippen molar-refractivity contribution in [2.75, 3.05) is 10.6 Å². The van der Waals surface area contributed by atoms with Crippen LogP contribution in [0.2, 0.25) is 0 Å². The highest BCUT2D eigenvalue weighted by Gasteiger charge is 2.16. The summed E-state index contributed by atoms with van der Waals surface area (Å²) in [5.74, 6) is -1.14. The van der Waals surface area contributed by atoms with E-state index in [0.29, 0.717) is 12.2 Å². The van der Waals surface area contributed by atoms with Crippen molar-refractivity contribution < 1.29 is 14.7 Å². The molecule has 1 aliphatic rings. The Kier molecular flexibility index (Phi) is 4.90. The molecule has 1 aliphatic carbocycles. The summed E-state index contributed by atoms with van der Waals surface area (Å²) in [6.45, 7) is 0.313. The number of aryl methyl sites for hydroxylation is 2. The SMILES string of the molecule is NC(=O)c1c(O)ncn1Cc1ccc(NC(=O)Nc2ccc3c(c2)CCC3)cc1. The Morgan fingerprint density at radius 1 is 1.03 bits per heavy atom.